The van der Waals surface area contributed by atoms with Gasteiger partial charge in [0.05, 0.1) is 12.2 Å². The highest BCUT2D eigenvalue weighted by Gasteiger charge is 2.06. The molecule has 13 heavy (non-hydrogen) atoms. The molecule has 0 unspecified atom stereocenters. The minimum Gasteiger partial charge on any atom is -0.365 e. The molecule has 0 radical (unpaired) electrons. The quantitative estimate of drug-likeness (QED) is 0.762. The standard InChI is InChI=1S/C9H9BrFNO/c1-12(4-5-13)9-6-7(10)2-3-8(9)11/h2-3,5-6H,4H2,1H3. The molecular formula is C9H9BrFNO. The van der Waals surface area contributed by atoms with Crippen molar-refractivity contribution in [2.75, 3.05) is 18.5 Å². The summed E-state index contributed by atoms with van der Waals surface area (Å²) in [5.41, 5.74) is 0.418. The predicted molar refractivity (Wildman–Crippen MR) is 53.4 cm³/mol. The van der Waals surface area contributed by atoms with Crippen LogP contribution < -0.4 is 4.90 Å². The van der Waals surface area contributed by atoms with E-state index >= 15 is 0 Å². The number of nitrogens with zero attached hydrogens (tertiary/aromatic N) is 1. The van der Waals surface area contributed by atoms with Crippen molar-refractivity contribution in [1.82, 2.24) is 0 Å². The van der Waals surface area contributed by atoms with Gasteiger partial charge in [0.1, 0.15) is 12.1 Å². The molecule has 0 N–H and O–H groups in total. The van der Waals surface area contributed by atoms with E-state index in [0.29, 0.717) is 5.69 Å². The molecule has 4 heteroatoms. The summed E-state index contributed by atoms with van der Waals surface area (Å²) in [5.74, 6) is -0.326. The number of hydrogen-bond donors (Lipinski definition) is 0. The van der Waals surface area contributed by atoms with E-state index in [0.717, 1.165) is 10.8 Å². The molecule has 0 amide bonds. The summed E-state index contributed by atoms with van der Waals surface area (Å²) in [5, 5.41) is 0. The lowest BCUT2D eigenvalue weighted by Gasteiger charge is -2.16. The Bertz CT molecular complexity index is 316. The largest absolute Gasteiger partial charge is 0.365 e. The lowest BCUT2D eigenvalue weighted by molar-refractivity contribution is -0.106. The minimum atomic E-state index is -0.326. The summed E-state index contributed by atoms with van der Waals surface area (Å²) in [6, 6.07) is 4.62. The van der Waals surface area contributed by atoms with Crippen LogP contribution in [0.3, 0.4) is 0 Å². The third kappa shape index (κ3) is 2.52. The number of halogens is 2. The van der Waals surface area contributed by atoms with Gasteiger partial charge in [-0.3, -0.25) is 0 Å². The molecule has 0 aliphatic carbocycles. The molecule has 0 aliphatic rings. The third-order valence-electron chi connectivity index (χ3n) is 1.67. The minimum absolute atomic E-state index is 0.188. The Kier molecular flexibility index (Phi) is 3.42. The molecular weight excluding hydrogens is 237 g/mol. The molecule has 0 saturated heterocycles. The fraction of sp³-hybridized carbons (Fsp3) is 0.222. The van der Waals surface area contributed by atoms with Gasteiger partial charge in [-0.2, -0.15) is 0 Å². The lowest BCUT2D eigenvalue weighted by atomic mass is 10.3. The molecule has 0 bridgehead atoms. The normalized spacial score (nSPS) is 9.77. The van der Waals surface area contributed by atoms with Crippen molar-refractivity contribution in [3.63, 3.8) is 0 Å². The summed E-state index contributed by atoms with van der Waals surface area (Å²) < 4.78 is 14.0. The maximum atomic E-state index is 13.2. The highest BCUT2D eigenvalue weighted by Crippen LogP contribution is 2.22. The number of likely N-dealkylation sites (N-methyl/N-ethyl adjacent to an activating group) is 1. The van der Waals surface area contributed by atoms with Crippen molar-refractivity contribution in [2.45, 2.75) is 0 Å². The van der Waals surface area contributed by atoms with E-state index in [-0.39, 0.29) is 12.4 Å². The molecule has 0 fully saturated rings. The van der Waals surface area contributed by atoms with Gasteiger partial charge in [-0.25, -0.2) is 4.39 Å². The van der Waals surface area contributed by atoms with Crippen molar-refractivity contribution in [3.05, 3.63) is 28.5 Å². The molecule has 70 valence electrons. The maximum absolute atomic E-state index is 13.2. The molecule has 2 nitrogen and oxygen atoms in total. The van der Waals surface area contributed by atoms with Crippen molar-refractivity contribution < 1.29 is 9.18 Å². The van der Waals surface area contributed by atoms with Crippen LogP contribution >= 0.6 is 15.9 Å². The molecule has 1 aromatic rings. The zero-order valence-electron chi connectivity index (χ0n) is 7.13. The highest BCUT2D eigenvalue weighted by molar-refractivity contribution is 9.10. The predicted octanol–water partition coefficient (Wildman–Crippen LogP) is 2.22. The van der Waals surface area contributed by atoms with Gasteiger partial charge in [0.25, 0.3) is 0 Å². The SMILES string of the molecule is CN(CC=O)c1cc(Br)ccc1F. The van der Waals surface area contributed by atoms with E-state index in [1.165, 1.54) is 6.07 Å². The molecule has 1 rings (SSSR count). The Hall–Kier alpha value is -0.900. The first-order valence-corrected chi connectivity index (χ1v) is 4.54. The second-order valence-electron chi connectivity index (χ2n) is 2.64. The molecule has 0 heterocycles. The average molecular weight is 246 g/mol. The first-order chi connectivity index (χ1) is 6.15. The summed E-state index contributed by atoms with van der Waals surface area (Å²) in [7, 11) is 1.67. The third-order valence-corrected chi connectivity index (χ3v) is 2.16. The fourth-order valence-corrected chi connectivity index (χ4v) is 1.34. The molecule has 0 spiro atoms. The average Bonchev–Trinajstić information content (AvgIpc) is 2.09. The number of aldehydes is 1. The number of anilines is 1. The summed E-state index contributed by atoms with van der Waals surface area (Å²) in [6.45, 7) is 0.188. The monoisotopic (exact) mass is 245 g/mol. The molecule has 0 atom stereocenters. The van der Waals surface area contributed by atoms with Gasteiger partial charge < -0.3 is 9.69 Å². The fourth-order valence-electron chi connectivity index (χ4n) is 0.988. The summed E-state index contributed by atoms with van der Waals surface area (Å²) in [6.07, 6.45) is 0.736. The number of carbonyl (C=O) groups excluding carboxylic acids is 1. The number of carbonyl (C=O) groups is 1. The second-order valence-corrected chi connectivity index (χ2v) is 3.56. The van der Waals surface area contributed by atoms with Crippen molar-refractivity contribution in [1.29, 1.82) is 0 Å². The number of hydrogen-bond acceptors (Lipinski definition) is 2. The smallest absolute Gasteiger partial charge is 0.146 e. The number of benzene rings is 1. The lowest BCUT2D eigenvalue weighted by Crippen LogP contribution is -2.20. The van der Waals surface area contributed by atoms with Crippen LogP contribution in [0.4, 0.5) is 10.1 Å². The Morgan fingerprint density at radius 2 is 2.31 bits per heavy atom. The van der Waals surface area contributed by atoms with Crippen LogP contribution in [0.5, 0.6) is 0 Å². The van der Waals surface area contributed by atoms with Crippen LogP contribution in [0.15, 0.2) is 22.7 Å². The van der Waals surface area contributed by atoms with Crippen LogP contribution in [0.25, 0.3) is 0 Å². The topological polar surface area (TPSA) is 20.3 Å². The van der Waals surface area contributed by atoms with E-state index in [4.69, 9.17) is 0 Å². The Balaban J connectivity index is 2.97. The first kappa shape index (κ1) is 10.2. The van der Waals surface area contributed by atoms with Crippen LogP contribution in [-0.4, -0.2) is 19.9 Å². The van der Waals surface area contributed by atoms with Gasteiger partial charge in [-0.15, -0.1) is 0 Å². The molecule has 0 aliphatic heterocycles. The van der Waals surface area contributed by atoms with Gasteiger partial charge >= 0.3 is 0 Å². The zero-order valence-corrected chi connectivity index (χ0v) is 8.71. The Labute approximate surface area is 84.5 Å². The molecule has 1 aromatic carbocycles. The van der Waals surface area contributed by atoms with Gasteiger partial charge in [0, 0.05) is 11.5 Å². The van der Waals surface area contributed by atoms with Gasteiger partial charge in [-0.1, -0.05) is 15.9 Å². The van der Waals surface area contributed by atoms with Gasteiger partial charge in [0.2, 0.25) is 0 Å². The second kappa shape index (κ2) is 4.37. The van der Waals surface area contributed by atoms with Gasteiger partial charge in [0.15, 0.2) is 0 Å². The van der Waals surface area contributed by atoms with Crippen LogP contribution in [0, 0.1) is 5.82 Å². The molecule has 0 saturated carbocycles. The molecule has 0 aromatic heterocycles. The highest BCUT2D eigenvalue weighted by atomic mass is 79.9. The van der Waals surface area contributed by atoms with E-state index in [2.05, 4.69) is 15.9 Å². The van der Waals surface area contributed by atoms with E-state index in [1.807, 2.05) is 0 Å². The maximum Gasteiger partial charge on any atom is 0.146 e. The van der Waals surface area contributed by atoms with Crippen molar-refractivity contribution in [2.24, 2.45) is 0 Å². The van der Waals surface area contributed by atoms with Gasteiger partial charge in [-0.05, 0) is 18.2 Å². The number of rotatable bonds is 3. The van der Waals surface area contributed by atoms with E-state index in [9.17, 15) is 9.18 Å². The Morgan fingerprint density at radius 1 is 1.62 bits per heavy atom. The van der Waals surface area contributed by atoms with Crippen LogP contribution in [0.2, 0.25) is 0 Å². The van der Waals surface area contributed by atoms with Crippen molar-refractivity contribution in [3.8, 4) is 0 Å². The summed E-state index contributed by atoms with van der Waals surface area (Å²) in [4.78, 5) is 11.8. The first-order valence-electron chi connectivity index (χ1n) is 3.75. The Morgan fingerprint density at radius 3 is 2.92 bits per heavy atom. The zero-order chi connectivity index (χ0) is 9.84. The van der Waals surface area contributed by atoms with Crippen molar-refractivity contribution >= 4 is 27.9 Å². The van der Waals surface area contributed by atoms with E-state index in [1.54, 1.807) is 24.1 Å². The van der Waals surface area contributed by atoms with Crippen LogP contribution in [0.1, 0.15) is 0 Å². The van der Waals surface area contributed by atoms with E-state index < -0.39 is 0 Å². The van der Waals surface area contributed by atoms with Crippen LogP contribution in [-0.2, 0) is 4.79 Å². The summed E-state index contributed by atoms with van der Waals surface area (Å²) >= 11 is 3.23.